The van der Waals surface area contributed by atoms with E-state index in [9.17, 15) is 9.18 Å². The molecule has 0 spiro atoms. The first-order chi connectivity index (χ1) is 13.5. The van der Waals surface area contributed by atoms with Gasteiger partial charge in [-0.25, -0.2) is 4.39 Å². The van der Waals surface area contributed by atoms with Gasteiger partial charge >= 0.3 is 0 Å². The smallest absolute Gasteiger partial charge is 0.226 e. The van der Waals surface area contributed by atoms with Gasteiger partial charge in [-0.1, -0.05) is 15.9 Å². The molecule has 8 nitrogen and oxygen atoms in total. The van der Waals surface area contributed by atoms with Crippen molar-refractivity contribution in [3.05, 3.63) is 63.8 Å². The first kappa shape index (κ1) is 17.0. The van der Waals surface area contributed by atoms with E-state index >= 15 is 0 Å². The van der Waals surface area contributed by atoms with Crippen LogP contribution in [0.25, 0.3) is 11.5 Å². The lowest BCUT2D eigenvalue weighted by Crippen LogP contribution is -2.25. The van der Waals surface area contributed by atoms with Crippen molar-refractivity contribution >= 4 is 33.3 Å². The number of halogens is 2. The molecule has 5 rings (SSSR count). The fraction of sp³-hybridized carbons (Fsp3) is 0.167. The second kappa shape index (κ2) is 6.20. The Morgan fingerprint density at radius 1 is 1.25 bits per heavy atom. The number of benzene rings is 1. The number of nitrogens with one attached hydrogen (secondary N) is 1. The minimum atomic E-state index is -0.436. The molecule has 4 aromatic rings. The van der Waals surface area contributed by atoms with Crippen LogP contribution in [0.3, 0.4) is 0 Å². The predicted molar refractivity (Wildman–Crippen MR) is 102 cm³/mol. The topological polar surface area (TPSA) is 90.0 Å². The molecule has 0 bridgehead atoms. The third kappa shape index (κ3) is 2.60. The number of hydrogen-bond acceptors (Lipinski definition) is 5. The zero-order valence-corrected chi connectivity index (χ0v) is 16.2. The summed E-state index contributed by atoms with van der Waals surface area (Å²) in [6, 6.07) is 8.24. The van der Waals surface area contributed by atoms with Crippen molar-refractivity contribution in [2.24, 2.45) is 0 Å². The normalized spacial score (nSPS) is 16.2. The first-order valence-electron chi connectivity index (χ1n) is 8.53. The summed E-state index contributed by atoms with van der Waals surface area (Å²) in [7, 11) is 0. The van der Waals surface area contributed by atoms with Crippen molar-refractivity contribution in [3.63, 3.8) is 0 Å². The number of aromatic nitrogens is 6. The SMILES string of the molecule is Cc1nn(-c2ccc3nncn3n2)c2c1[C@H](c1cc(Br)ccc1F)CC(=O)N2. The molecule has 1 N–H and O–H groups in total. The highest BCUT2D eigenvalue weighted by molar-refractivity contribution is 9.10. The highest BCUT2D eigenvalue weighted by Crippen LogP contribution is 2.41. The molecule has 1 atom stereocenters. The van der Waals surface area contributed by atoms with Crippen molar-refractivity contribution < 1.29 is 9.18 Å². The van der Waals surface area contributed by atoms with Crippen molar-refractivity contribution in [2.45, 2.75) is 19.3 Å². The molecule has 28 heavy (non-hydrogen) atoms. The van der Waals surface area contributed by atoms with Crippen LogP contribution < -0.4 is 5.32 Å². The quantitative estimate of drug-likeness (QED) is 0.516. The van der Waals surface area contributed by atoms with Gasteiger partial charge in [-0.3, -0.25) is 4.79 Å². The molecule has 3 aromatic heterocycles. The van der Waals surface area contributed by atoms with Crippen molar-refractivity contribution in [3.8, 4) is 5.82 Å². The second-order valence-corrected chi connectivity index (χ2v) is 7.47. The van der Waals surface area contributed by atoms with Gasteiger partial charge in [0.15, 0.2) is 11.5 Å². The molecule has 1 aromatic carbocycles. The van der Waals surface area contributed by atoms with Gasteiger partial charge in [0, 0.05) is 22.4 Å². The summed E-state index contributed by atoms with van der Waals surface area (Å²) in [5.74, 6) is -0.00700. The third-order valence-corrected chi connectivity index (χ3v) is 5.29. The highest BCUT2D eigenvalue weighted by atomic mass is 79.9. The van der Waals surface area contributed by atoms with E-state index in [1.807, 2.05) is 6.92 Å². The molecule has 0 unspecified atom stereocenters. The van der Waals surface area contributed by atoms with Gasteiger partial charge < -0.3 is 5.32 Å². The van der Waals surface area contributed by atoms with Crippen LogP contribution >= 0.6 is 15.9 Å². The Labute approximate surface area is 166 Å². The Morgan fingerprint density at radius 2 is 2.11 bits per heavy atom. The molecular weight excluding hydrogens is 429 g/mol. The lowest BCUT2D eigenvalue weighted by Gasteiger charge is -2.24. The number of anilines is 1. The average molecular weight is 442 g/mol. The number of carbonyl (C=O) groups is 1. The summed E-state index contributed by atoms with van der Waals surface area (Å²) in [5.41, 5.74) is 2.53. The van der Waals surface area contributed by atoms with Gasteiger partial charge in [0.2, 0.25) is 5.91 Å². The zero-order valence-electron chi connectivity index (χ0n) is 14.6. The lowest BCUT2D eigenvalue weighted by atomic mass is 9.85. The number of hydrogen-bond donors (Lipinski definition) is 1. The molecule has 0 saturated heterocycles. The van der Waals surface area contributed by atoms with Crippen LogP contribution in [0.2, 0.25) is 0 Å². The Bertz CT molecular complexity index is 1250. The van der Waals surface area contributed by atoms with Crippen molar-refractivity contribution in [1.82, 2.24) is 29.6 Å². The summed E-state index contributed by atoms with van der Waals surface area (Å²) >= 11 is 3.38. The number of amides is 1. The maximum Gasteiger partial charge on any atom is 0.226 e. The summed E-state index contributed by atoms with van der Waals surface area (Å²) in [4.78, 5) is 12.4. The van der Waals surface area contributed by atoms with Gasteiger partial charge in [0.1, 0.15) is 18.0 Å². The molecule has 1 aliphatic rings. The van der Waals surface area contributed by atoms with Crippen LogP contribution in [0.1, 0.15) is 29.2 Å². The van der Waals surface area contributed by atoms with E-state index in [4.69, 9.17) is 0 Å². The number of rotatable bonds is 2. The van der Waals surface area contributed by atoms with Crippen LogP contribution in [0.5, 0.6) is 0 Å². The number of aryl methyl sites for hydroxylation is 1. The number of fused-ring (bicyclic) bond motifs is 2. The first-order valence-corrected chi connectivity index (χ1v) is 9.32. The fourth-order valence-electron chi connectivity index (χ4n) is 3.59. The van der Waals surface area contributed by atoms with E-state index in [1.54, 1.807) is 28.9 Å². The molecule has 1 amide bonds. The number of nitrogens with zero attached hydrogens (tertiary/aromatic N) is 6. The van der Waals surface area contributed by atoms with E-state index in [1.165, 1.54) is 16.9 Å². The minimum absolute atomic E-state index is 0.144. The Balaban J connectivity index is 1.70. The van der Waals surface area contributed by atoms with Crippen LogP contribution in [-0.4, -0.2) is 35.5 Å². The Kier molecular flexibility index (Phi) is 3.76. The zero-order chi connectivity index (χ0) is 19.4. The molecule has 0 radical (unpaired) electrons. The molecule has 140 valence electrons. The van der Waals surface area contributed by atoms with Crippen molar-refractivity contribution in [2.75, 3.05) is 5.32 Å². The second-order valence-electron chi connectivity index (χ2n) is 6.56. The Morgan fingerprint density at radius 3 is 2.96 bits per heavy atom. The standard InChI is InChI=1S/C18H13BrFN7O/c1-9-17-12(11-6-10(19)2-3-13(11)20)7-16(28)22-18(17)27(24-9)15-5-4-14-23-21-8-26(14)25-15/h2-6,8,12H,7H2,1H3,(H,22,28)/t12-/m0/s1. The van der Waals surface area contributed by atoms with Crippen LogP contribution in [0, 0.1) is 12.7 Å². The molecule has 4 heterocycles. The largest absolute Gasteiger partial charge is 0.310 e. The minimum Gasteiger partial charge on any atom is -0.310 e. The van der Waals surface area contributed by atoms with Gasteiger partial charge in [0.05, 0.1) is 5.69 Å². The molecule has 0 aliphatic carbocycles. The summed E-state index contributed by atoms with van der Waals surface area (Å²) < 4.78 is 18.4. The van der Waals surface area contributed by atoms with Gasteiger partial charge in [-0.05, 0) is 42.8 Å². The van der Waals surface area contributed by atoms with Crippen LogP contribution in [0.15, 0.2) is 41.1 Å². The van der Waals surface area contributed by atoms with E-state index < -0.39 is 5.92 Å². The Hall–Kier alpha value is -3.14. The maximum absolute atomic E-state index is 14.6. The molecule has 0 saturated carbocycles. The molecule has 1 aliphatic heterocycles. The predicted octanol–water partition coefficient (Wildman–Crippen LogP) is 2.99. The van der Waals surface area contributed by atoms with E-state index in [2.05, 4.69) is 41.6 Å². The highest BCUT2D eigenvalue weighted by Gasteiger charge is 2.34. The van der Waals surface area contributed by atoms with Gasteiger partial charge in [0.25, 0.3) is 0 Å². The molecular formula is C18H13BrFN7O. The van der Waals surface area contributed by atoms with Crippen LogP contribution in [-0.2, 0) is 4.79 Å². The van der Waals surface area contributed by atoms with E-state index in [0.717, 1.165) is 10.0 Å². The van der Waals surface area contributed by atoms with E-state index in [-0.39, 0.29) is 18.1 Å². The average Bonchev–Trinajstić information content (AvgIpc) is 3.27. The fourth-order valence-corrected chi connectivity index (χ4v) is 3.97. The van der Waals surface area contributed by atoms with Gasteiger partial charge in [-0.2, -0.15) is 14.3 Å². The number of carbonyl (C=O) groups excluding carboxylic acids is 1. The monoisotopic (exact) mass is 441 g/mol. The maximum atomic E-state index is 14.6. The lowest BCUT2D eigenvalue weighted by molar-refractivity contribution is -0.116. The summed E-state index contributed by atoms with van der Waals surface area (Å²) in [6.45, 7) is 1.84. The van der Waals surface area contributed by atoms with Crippen LogP contribution in [0.4, 0.5) is 10.2 Å². The summed E-state index contributed by atoms with van der Waals surface area (Å²) in [6.07, 6.45) is 1.63. The molecule has 0 fully saturated rings. The van der Waals surface area contributed by atoms with Gasteiger partial charge in [-0.15, -0.1) is 15.3 Å². The third-order valence-electron chi connectivity index (χ3n) is 4.80. The van der Waals surface area contributed by atoms with Crippen molar-refractivity contribution in [1.29, 1.82) is 0 Å². The summed E-state index contributed by atoms with van der Waals surface area (Å²) in [5, 5.41) is 19.6. The van der Waals surface area contributed by atoms with E-state index in [0.29, 0.717) is 28.5 Å². The molecule has 10 heteroatoms.